The quantitative estimate of drug-likeness (QED) is 0.807. The maximum atomic E-state index is 12.7. The second-order valence-corrected chi connectivity index (χ2v) is 4.52. The highest BCUT2D eigenvalue weighted by atomic mass is 19.1. The number of rotatable bonds is 4. The third-order valence-corrected chi connectivity index (χ3v) is 2.47. The lowest BCUT2D eigenvalue weighted by molar-refractivity contribution is -0.117. The molecule has 1 amide bonds. The van der Waals surface area contributed by atoms with Gasteiger partial charge in [0.25, 0.3) is 0 Å². The predicted octanol–water partition coefficient (Wildman–Crippen LogP) is 2.33. The average Bonchev–Trinajstić information content (AvgIpc) is 2.27. The van der Waals surface area contributed by atoms with E-state index in [-0.39, 0.29) is 11.7 Å². The van der Waals surface area contributed by atoms with Crippen molar-refractivity contribution >= 4 is 5.91 Å². The van der Waals surface area contributed by atoms with Crippen LogP contribution in [-0.2, 0) is 4.79 Å². The third-order valence-electron chi connectivity index (χ3n) is 2.47. The van der Waals surface area contributed by atoms with Gasteiger partial charge in [0, 0.05) is 6.08 Å². The SMILES string of the molecule is CC(C)=CC(=O)NC(C)C(O)c1ccc(F)cc1. The number of amides is 1. The largest absolute Gasteiger partial charge is 0.386 e. The zero-order valence-corrected chi connectivity index (χ0v) is 10.8. The maximum Gasteiger partial charge on any atom is 0.244 e. The molecule has 1 aromatic rings. The molecule has 0 heterocycles. The molecular formula is C14H18FNO2. The highest BCUT2D eigenvalue weighted by Crippen LogP contribution is 2.17. The zero-order chi connectivity index (χ0) is 13.7. The van der Waals surface area contributed by atoms with Gasteiger partial charge in [-0.3, -0.25) is 4.79 Å². The van der Waals surface area contributed by atoms with Crippen LogP contribution < -0.4 is 5.32 Å². The van der Waals surface area contributed by atoms with E-state index in [0.717, 1.165) is 5.57 Å². The molecule has 0 saturated heterocycles. The fourth-order valence-electron chi connectivity index (χ4n) is 1.56. The number of carbonyl (C=O) groups excluding carboxylic acids is 1. The molecule has 1 aromatic carbocycles. The molecule has 0 radical (unpaired) electrons. The lowest BCUT2D eigenvalue weighted by Crippen LogP contribution is -2.36. The van der Waals surface area contributed by atoms with E-state index < -0.39 is 12.1 Å². The van der Waals surface area contributed by atoms with E-state index in [2.05, 4.69) is 5.32 Å². The number of benzene rings is 1. The van der Waals surface area contributed by atoms with Gasteiger partial charge in [0.15, 0.2) is 0 Å². The standard InChI is InChI=1S/C14H18FNO2/c1-9(2)8-13(17)16-10(3)14(18)11-4-6-12(15)7-5-11/h4-8,10,14,18H,1-3H3,(H,16,17). The smallest absolute Gasteiger partial charge is 0.244 e. The Kier molecular flexibility index (Phi) is 5.04. The van der Waals surface area contributed by atoms with Crippen molar-refractivity contribution < 1.29 is 14.3 Å². The summed E-state index contributed by atoms with van der Waals surface area (Å²) in [7, 11) is 0. The van der Waals surface area contributed by atoms with Crippen LogP contribution in [0.4, 0.5) is 4.39 Å². The Balaban J connectivity index is 2.66. The number of nitrogens with one attached hydrogen (secondary N) is 1. The maximum absolute atomic E-state index is 12.7. The molecule has 0 aromatic heterocycles. The lowest BCUT2D eigenvalue weighted by Gasteiger charge is -2.20. The molecule has 0 aliphatic heterocycles. The summed E-state index contributed by atoms with van der Waals surface area (Å²) in [5.74, 6) is -0.601. The Morgan fingerprint density at radius 2 is 1.89 bits per heavy atom. The average molecular weight is 251 g/mol. The predicted molar refractivity (Wildman–Crippen MR) is 68.4 cm³/mol. The minimum Gasteiger partial charge on any atom is -0.386 e. The van der Waals surface area contributed by atoms with Crippen LogP contribution in [0.3, 0.4) is 0 Å². The number of halogens is 1. The first kappa shape index (κ1) is 14.4. The van der Waals surface area contributed by atoms with Gasteiger partial charge in [-0.2, -0.15) is 0 Å². The monoisotopic (exact) mass is 251 g/mol. The first-order chi connectivity index (χ1) is 8.40. The number of allylic oxidation sites excluding steroid dienone is 1. The Hall–Kier alpha value is -1.68. The molecule has 18 heavy (non-hydrogen) atoms. The van der Waals surface area contributed by atoms with Crippen LogP contribution in [0, 0.1) is 5.82 Å². The normalized spacial score (nSPS) is 13.6. The lowest BCUT2D eigenvalue weighted by atomic mass is 10.0. The number of hydrogen-bond acceptors (Lipinski definition) is 2. The molecule has 0 spiro atoms. The number of carbonyl (C=O) groups is 1. The van der Waals surface area contributed by atoms with E-state index in [1.54, 1.807) is 6.92 Å². The first-order valence-electron chi connectivity index (χ1n) is 5.79. The van der Waals surface area contributed by atoms with Gasteiger partial charge < -0.3 is 10.4 Å². The van der Waals surface area contributed by atoms with Crippen molar-refractivity contribution in [3.63, 3.8) is 0 Å². The highest BCUT2D eigenvalue weighted by Gasteiger charge is 2.17. The fourth-order valence-corrected chi connectivity index (χ4v) is 1.56. The van der Waals surface area contributed by atoms with Crippen LogP contribution in [0.15, 0.2) is 35.9 Å². The van der Waals surface area contributed by atoms with Crippen LogP contribution in [0.5, 0.6) is 0 Å². The number of hydrogen-bond donors (Lipinski definition) is 2. The minimum absolute atomic E-state index is 0.247. The van der Waals surface area contributed by atoms with Crippen LogP contribution in [-0.4, -0.2) is 17.1 Å². The molecule has 0 aliphatic carbocycles. The van der Waals surface area contributed by atoms with Gasteiger partial charge in [0.05, 0.1) is 12.1 Å². The second kappa shape index (κ2) is 6.31. The van der Waals surface area contributed by atoms with E-state index in [0.29, 0.717) is 5.56 Å². The highest BCUT2D eigenvalue weighted by molar-refractivity contribution is 5.88. The summed E-state index contributed by atoms with van der Waals surface area (Å²) in [5, 5.41) is 12.7. The Labute approximate surface area is 106 Å². The van der Waals surface area contributed by atoms with E-state index in [1.165, 1.54) is 30.3 Å². The molecule has 3 nitrogen and oxygen atoms in total. The summed E-state index contributed by atoms with van der Waals surface area (Å²) in [6, 6.07) is 5.12. The van der Waals surface area contributed by atoms with E-state index in [9.17, 15) is 14.3 Å². The summed E-state index contributed by atoms with van der Waals surface area (Å²) in [5.41, 5.74) is 1.46. The van der Waals surface area contributed by atoms with Crippen molar-refractivity contribution in [2.45, 2.75) is 32.9 Å². The van der Waals surface area contributed by atoms with Crippen molar-refractivity contribution in [2.24, 2.45) is 0 Å². The van der Waals surface area contributed by atoms with Crippen LogP contribution in [0.2, 0.25) is 0 Å². The van der Waals surface area contributed by atoms with Gasteiger partial charge in [-0.15, -0.1) is 0 Å². The fraction of sp³-hybridized carbons (Fsp3) is 0.357. The summed E-state index contributed by atoms with van der Waals surface area (Å²) in [6.07, 6.45) is 0.605. The van der Waals surface area contributed by atoms with Crippen molar-refractivity contribution in [3.8, 4) is 0 Å². The van der Waals surface area contributed by atoms with E-state index in [1.807, 2.05) is 13.8 Å². The van der Waals surface area contributed by atoms with E-state index >= 15 is 0 Å². The molecule has 1 rings (SSSR count). The van der Waals surface area contributed by atoms with Gasteiger partial charge in [-0.25, -0.2) is 4.39 Å². The molecule has 2 unspecified atom stereocenters. The Morgan fingerprint density at radius 1 is 1.33 bits per heavy atom. The molecule has 0 bridgehead atoms. The summed E-state index contributed by atoms with van der Waals surface area (Å²) < 4.78 is 12.7. The summed E-state index contributed by atoms with van der Waals surface area (Å²) in [4.78, 5) is 11.5. The van der Waals surface area contributed by atoms with Crippen molar-refractivity contribution in [1.29, 1.82) is 0 Å². The van der Waals surface area contributed by atoms with Gasteiger partial charge in [0.1, 0.15) is 5.82 Å². The van der Waals surface area contributed by atoms with Crippen LogP contribution >= 0.6 is 0 Å². The molecular weight excluding hydrogens is 233 g/mol. The van der Waals surface area contributed by atoms with E-state index in [4.69, 9.17) is 0 Å². The van der Waals surface area contributed by atoms with Gasteiger partial charge in [-0.1, -0.05) is 17.7 Å². The van der Waals surface area contributed by atoms with Crippen molar-refractivity contribution in [3.05, 3.63) is 47.3 Å². The Bertz CT molecular complexity index is 436. The molecule has 98 valence electrons. The van der Waals surface area contributed by atoms with Crippen LogP contribution in [0.25, 0.3) is 0 Å². The van der Waals surface area contributed by atoms with Gasteiger partial charge >= 0.3 is 0 Å². The molecule has 2 atom stereocenters. The van der Waals surface area contributed by atoms with Gasteiger partial charge in [-0.05, 0) is 38.5 Å². The number of aliphatic hydroxyl groups is 1. The zero-order valence-electron chi connectivity index (χ0n) is 10.8. The number of aliphatic hydroxyl groups excluding tert-OH is 1. The second-order valence-electron chi connectivity index (χ2n) is 4.52. The molecule has 4 heteroatoms. The summed E-state index contributed by atoms with van der Waals surface area (Å²) in [6.45, 7) is 5.34. The van der Waals surface area contributed by atoms with Crippen molar-refractivity contribution in [1.82, 2.24) is 5.32 Å². The van der Waals surface area contributed by atoms with Gasteiger partial charge in [0.2, 0.25) is 5.91 Å². The minimum atomic E-state index is -0.861. The topological polar surface area (TPSA) is 49.3 Å². The molecule has 0 saturated carbocycles. The molecule has 0 fully saturated rings. The first-order valence-corrected chi connectivity index (χ1v) is 5.79. The molecule has 0 aliphatic rings. The van der Waals surface area contributed by atoms with Crippen molar-refractivity contribution in [2.75, 3.05) is 0 Å². The van der Waals surface area contributed by atoms with Crippen LogP contribution in [0.1, 0.15) is 32.4 Å². The third kappa shape index (κ3) is 4.30. The Morgan fingerprint density at radius 3 is 2.39 bits per heavy atom. The molecule has 2 N–H and O–H groups in total. The summed E-state index contributed by atoms with van der Waals surface area (Å²) >= 11 is 0.